The zero-order valence-electron chi connectivity index (χ0n) is 61.4. The third kappa shape index (κ3) is 70.2. The first kappa shape index (κ1) is 93.7. The molecule has 98 heavy (non-hydrogen) atoms. The Hall–Kier alpha value is -4.28. The van der Waals surface area contributed by atoms with E-state index in [1.807, 2.05) is 18.2 Å². The largest absolute Gasteiger partial charge is 0.472 e. The van der Waals surface area contributed by atoms with Gasteiger partial charge in [-0.05, 0) is 109 Å². The number of carbonyl (C=O) groups is 4. The lowest BCUT2D eigenvalue weighted by Crippen LogP contribution is -2.30. The van der Waals surface area contributed by atoms with Crippen LogP contribution in [0.15, 0.2) is 109 Å². The van der Waals surface area contributed by atoms with E-state index in [2.05, 4.69) is 113 Å². The van der Waals surface area contributed by atoms with Gasteiger partial charge in [0.05, 0.1) is 32.8 Å². The monoisotopic (exact) mass is 1420 g/mol. The minimum absolute atomic E-state index is 0.0699. The average molecular weight is 1420 g/mol. The van der Waals surface area contributed by atoms with E-state index in [9.17, 15) is 43.2 Å². The lowest BCUT2D eigenvalue weighted by Gasteiger charge is -2.21. The van der Waals surface area contributed by atoms with Crippen LogP contribution in [0.25, 0.3) is 0 Å². The quantitative estimate of drug-likeness (QED) is 0.0169. The molecule has 5 unspecified atom stereocenters. The van der Waals surface area contributed by atoms with Gasteiger partial charge in [-0.15, -0.1) is 0 Å². The first-order valence-electron chi connectivity index (χ1n) is 38.1. The summed E-state index contributed by atoms with van der Waals surface area (Å²) < 4.78 is 68.3. The van der Waals surface area contributed by atoms with Crippen LogP contribution in [0.4, 0.5) is 0 Å². The van der Waals surface area contributed by atoms with Crippen molar-refractivity contribution in [1.29, 1.82) is 0 Å². The van der Waals surface area contributed by atoms with Gasteiger partial charge in [0.25, 0.3) is 0 Å². The summed E-state index contributed by atoms with van der Waals surface area (Å²) in [6.45, 7) is 4.54. The maximum atomic E-state index is 13.1. The van der Waals surface area contributed by atoms with E-state index in [1.54, 1.807) is 6.08 Å². The van der Waals surface area contributed by atoms with Gasteiger partial charge in [-0.3, -0.25) is 37.3 Å². The SMILES string of the molecule is CC/C=C\C/C=C\C/C=C\C/C=C\C/C=C\CC(=O)OCC(COP(=O)(O)OCC(O)COP(=O)(O)OCC(COC(=O)CCCCCCC/C=C\C/C=C\CCCCC)OC(=O)CCCCCCC/C=C\C/C=C\CCC)OC(=O)CCCCCCCCCCCCCCCCC. The zero-order valence-corrected chi connectivity index (χ0v) is 63.2. The summed E-state index contributed by atoms with van der Waals surface area (Å²) >= 11 is 0. The fourth-order valence-electron chi connectivity index (χ4n) is 9.95. The van der Waals surface area contributed by atoms with Gasteiger partial charge in [-0.1, -0.05) is 285 Å². The molecule has 564 valence electrons. The number of carbonyl (C=O) groups excluding carboxylic acids is 4. The van der Waals surface area contributed by atoms with Crippen LogP contribution in [0, 0.1) is 0 Å². The molecule has 0 rings (SSSR count). The minimum Gasteiger partial charge on any atom is -0.462 e. The molecule has 0 aliphatic carbocycles. The summed E-state index contributed by atoms with van der Waals surface area (Å²) in [7, 11) is -9.98. The van der Waals surface area contributed by atoms with Crippen molar-refractivity contribution >= 4 is 39.5 Å². The summed E-state index contributed by atoms with van der Waals surface area (Å²) in [6, 6.07) is 0. The summed E-state index contributed by atoms with van der Waals surface area (Å²) in [6.07, 6.45) is 75.4. The first-order chi connectivity index (χ1) is 47.7. The Kier molecular flexibility index (Phi) is 68.0. The van der Waals surface area contributed by atoms with Gasteiger partial charge >= 0.3 is 39.5 Å². The molecule has 0 fully saturated rings. The Morgan fingerprint density at radius 1 is 0.306 bits per heavy atom. The third-order valence-electron chi connectivity index (χ3n) is 15.7. The molecule has 17 nitrogen and oxygen atoms in total. The molecule has 0 aromatic carbocycles. The molecule has 0 spiro atoms. The summed E-state index contributed by atoms with van der Waals surface area (Å²) in [5, 5.41) is 10.6. The number of ether oxygens (including phenoxy) is 4. The summed E-state index contributed by atoms with van der Waals surface area (Å²) in [5.41, 5.74) is 0. The number of esters is 4. The van der Waals surface area contributed by atoms with Crippen LogP contribution in [0.3, 0.4) is 0 Å². The van der Waals surface area contributed by atoms with Gasteiger partial charge in [-0.2, -0.15) is 0 Å². The highest BCUT2D eigenvalue weighted by molar-refractivity contribution is 7.47. The van der Waals surface area contributed by atoms with Crippen LogP contribution in [-0.4, -0.2) is 96.7 Å². The molecule has 0 aliphatic heterocycles. The number of unbranched alkanes of at least 4 members (excludes halogenated alkanes) is 28. The molecule has 5 atom stereocenters. The van der Waals surface area contributed by atoms with Crippen LogP contribution < -0.4 is 0 Å². The lowest BCUT2D eigenvalue weighted by molar-refractivity contribution is -0.161. The van der Waals surface area contributed by atoms with Crippen molar-refractivity contribution in [2.75, 3.05) is 39.6 Å². The van der Waals surface area contributed by atoms with E-state index in [1.165, 1.54) is 83.5 Å². The number of allylic oxidation sites excluding steroid dienone is 17. The van der Waals surface area contributed by atoms with Crippen molar-refractivity contribution in [3.05, 3.63) is 109 Å². The van der Waals surface area contributed by atoms with Crippen molar-refractivity contribution in [3.63, 3.8) is 0 Å². The van der Waals surface area contributed by atoms with Gasteiger partial charge in [0, 0.05) is 19.3 Å². The van der Waals surface area contributed by atoms with Crippen LogP contribution >= 0.6 is 15.6 Å². The molecule has 0 heterocycles. The summed E-state index contributed by atoms with van der Waals surface area (Å²) in [4.78, 5) is 72.8. The van der Waals surface area contributed by atoms with Crippen LogP contribution in [-0.2, 0) is 65.4 Å². The molecule has 3 N–H and O–H groups in total. The molecular weight excluding hydrogens is 1280 g/mol. The molecule has 0 bridgehead atoms. The van der Waals surface area contributed by atoms with Gasteiger partial charge in [0.15, 0.2) is 12.2 Å². The van der Waals surface area contributed by atoms with Crippen molar-refractivity contribution in [2.45, 2.75) is 329 Å². The van der Waals surface area contributed by atoms with Gasteiger partial charge in [0.2, 0.25) is 0 Å². The molecule has 0 saturated carbocycles. The lowest BCUT2D eigenvalue weighted by atomic mass is 10.0. The van der Waals surface area contributed by atoms with Crippen LogP contribution in [0.5, 0.6) is 0 Å². The number of rotatable bonds is 71. The second kappa shape index (κ2) is 71.1. The Morgan fingerprint density at radius 3 is 0.969 bits per heavy atom. The molecule has 0 aromatic rings. The van der Waals surface area contributed by atoms with Gasteiger partial charge in [0.1, 0.15) is 19.3 Å². The normalized spacial score (nSPS) is 14.6. The standard InChI is InChI=1S/C79H136O17P2/c1-5-9-13-17-21-25-29-33-36-40-43-47-51-55-59-63-76(81)89-69-74(95-78(83)65-61-57-53-49-45-39-32-28-24-20-16-12-8-4)71-93-97(85,86)91-67-73(80)68-92-98(87,88)94-72-75(96-79(84)66-62-58-54-50-46-42-38-35-31-27-23-19-15-11-7-3)70-90-77(82)64-60-56-52-48-44-41-37-34-30-26-22-18-14-10-6-2/h10,14,16,20-22,25-26,28,32-34,36-37,44,48,56,60,73-75,80H,5-9,11-13,15,17-19,23-24,27,29-31,35,38-43,45-47,49-55,57-59,61-72H2,1-4H3,(H,85,86)(H,87,88)/b14-10-,20-16-,25-21-,26-22-,32-28-,36-33-,37-34-,48-44-,60-56-. The number of phosphoric acid groups is 2. The van der Waals surface area contributed by atoms with Crippen molar-refractivity contribution < 1.29 is 80.2 Å². The predicted molar refractivity (Wildman–Crippen MR) is 399 cm³/mol. The number of aliphatic hydroxyl groups is 1. The van der Waals surface area contributed by atoms with E-state index < -0.39 is 97.5 Å². The molecule has 0 aliphatic rings. The summed E-state index contributed by atoms with van der Waals surface area (Å²) in [5.74, 6) is -2.34. The molecule has 0 radical (unpaired) electrons. The molecule has 0 amide bonds. The number of hydrogen-bond donors (Lipinski definition) is 3. The predicted octanol–water partition coefficient (Wildman–Crippen LogP) is 21.8. The maximum absolute atomic E-state index is 13.1. The minimum atomic E-state index is -4.99. The number of aliphatic hydroxyl groups excluding tert-OH is 1. The third-order valence-corrected chi connectivity index (χ3v) is 17.6. The van der Waals surface area contributed by atoms with Crippen molar-refractivity contribution in [2.24, 2.45) is 0 Å². The van der Waals surface area contributed by atoms with Crippen molar-refractivity contribution in [3.8, 4) is 0 Å². The van der Waals surface area contributed by atoms with E-state index in [-0.39, 0.29) is 25.7 Å². The van der Waals surface area contributed by atoms with Crippen LogP contribution in [0.2, 0.25) is 0 Å². The molecule has 0 saturated heterocycles. The van der Waals surface area contributed by atoms with E-state index in [0.29, 0.717) is 25.7 Å². The fraction of sp³-hybridized carbons (Fsp3) is 0.722. The maximum Gasteiger partial charge on any atom is 0.472 e. The first-order valence-corrected chi connectivity index (χ1v) is 41.1. The molecular formula is C79H136O17P2. The van der Waals surface area contributed by atoms with E-state index >= 15 is 0 Å². The van der Waals surface area contributed by atoms with Gasteiger partial charge < -0.3 is 33.8 Å². The molecule has 19 heteroatoms. The molecule has 0 aromatic heterocycles. The Bertz CT molecular complexity index is 2290. The van der Waals surface area contributed by atoms with Crippen LogP contribution in [0.1, 0.15) is 310 Å². The van der Waals surface area contributed by atoms with Gasteiger partial charge in [-0.25, -0.2) is 9.13 Å². The highest BCUT2D eigenvalue weighted by Gasteiger charge is 2.30. The number of phosphoric ester groups is 2. The smallest absolute Gasteiger partial charge is 0.462 e. The second-order valence-corrected chi connectivity index (χ2v) is 28.1. The average Bonchev–Trinajstić information content (AvgIpc) is 1.04. The Labute approximate surface area is 594 Å². The Morgan fingerprint density at radius 2 is 0.592 bits per heavy atom. The van der Waals surface area contributed by atoms with E-state index in [0.717, 1.165) is 148 Å². The Balaban J connectivity index is 5.42. The highest BCUT2D eigenvalue weighted by Crippen LogP contribution is 2.45. The second-order valence-electron chi connectivity index (χ2n) is 25.2. The van der Waals surface area contributed by atoms with E-state index in [4.69, 9.17) is 37.0 Å². The fourth-order valence-corrected chi connectivity index (χ4v) is 11.5. The van der Waals surface area contributed by atoms with Crippen molar-refractivity contribution in [1.82, 2.24) is 0 Å². The highest BCUT2D eigenvalue weighted by atomic mass is 31.2. The zero-order chi connectivity index (χ0) is 71.8. The number of hydrogen-bond acceptors (Lipinski definition) is 15. The topological polar surface area (TPSA) is 237 Å².